The minimum absolute atomic E-state index is 0.190. The van der Waals surface area contributed by atoms with E-state index in [4.69, 9.17) is 5.73 Å². The molecule has 0 fully saturated rings. The van der Waals surface area contributed by atoms with Gasteiger partial charge < -0.3 is 10.7 Å². The summed E-state index contributed by atoms with van der Waals surface area (Å²) in [6.07, 6.45) is 0. The lowest BCUT2D eigenvalue weighted by Crippen LogP contribution is -2.09. The molecule has 0 aliphatic rings. The topological polar surface area (TPSA) is 58.9 Å². The third-order valence-electron chi connectivity index (χ3n) is 3.30. The van der Waals surface area contributed by atoms with Gasteiger partial charge in [-0.05, 0) is 46.8 Å². The second-order valence-electron chi connectivity index (χ2n) is 4.64. The molecule has 0 aliphatic heterocycles. The number of hydrogen-bond donors (Lipinski definition) is 2. The van der Waals surface area contributed by atoms with Gasteiger partial charge in [0.05, 0.1) is 0 Å². The van der Waals surface area contributed by atoms with E-state index >= 15 is 0 Å². The predicted octanol–water partition coefficient (Wildman–Crippen LogP) is 2.79. The van der Waals surface area contributed by atoms with E-state index < -0.39 is 0 Å². The summed E-state index contributed by atoms with van der Waals surface area (Å²) in [5, 5.41) is 0.909. The van der Waals surface area contributed by atoms with Gasteiger partial charge in [0.2, 0.25) is 0 Å². The Bertz CT molecular complexity index is 822. The maximum Gasteiger partial charge on any atom is 0.256 e. The second kappa shape index (κ2) is 4.90. The van der Waals surface area contributed by atoms with Crippen molar-refractivity contribution >= 4 is 10.9 Å². The third-order valence-corrected chi connectivity index (χ3v) is 3.30. The molecule has 20 heavy (non-hydrogen) atoms. The average molecular weight is 268 g/mol. The van der Waals surface area contributed by atoms with Crippen molar-refractivity contribution < 1.29 is 4.39 Å². The van der Waals surface area contributed by atoms with E-state index in [1.165, 1.54) is 12.1 Å². The van der Waals surface area contributed by atoms with Crippen LogP contribution < -0.4 is 11.3 Å². The Hall–Kier alpha value is -2.46. The van der Waals surface area contributed by atoms with Crippen LogP contribution in [0.4, 0.5) is 4.39 Å². The number of fused-ring (bicyclic) bond motifs is 1. The van der Waals surface area contributed by atoms with Gasteiger partial charge in [-0.1, -0.05) is 18.2 Å². The van der Waals surface area contributed by atoms with Crippen molar-refractivity contribution in [3.63, 3.8) is 0 Å². The Labute approximate surface area is 114 Å². The smallest absolute Gasteiger partial charge is 0.256 e. The lowest BCUT2D eigenvalue weighted by molar-refractivity contribution is 0.628. The van der Waals surface area contributed by atoms with E-state index in [0.717, 1.165) is 16.5 Å². The van der Waals surface area contributed by atoms with Gasteiger partial charge in [0.25, 0.3) is 5.56 Å². The molecule has 3 nitrogen and oxygen atoms in total. The summed E-state index contributed by atoms with van der Waals surface area (Å²) in [4.78, 5) is 14.9. The zero-order chi connectivity index (χ0) is 14.1. The van der Waals surface area contributed by atoms with Crippen molar-refractivity contribution in [2.45, 2.75) is 6.54 Å². The van der Waals surface area contributed by atoms with Crippen LogP contribution in [0.5, 0.6) is 0 Å². The Kier molecular flexibility index (Phi) is 3.08. The number of nitrogens with two attached hydrogens (primary N) is 1. The van der Waals surface area contributed by atoms with Crippen LogP contribution in [0.25, 0.3) is 22.0 Å². The normalized spacial score (nSPS) is 10.9. The van der Waals surface area contributed by atoms with Crippen molar-refractivity contribution in [2.75, 3.05) is 0 Å². The fourth-order valence-corrected chi connectivity index (χ4v) is 2.23. The molecule has 0 saturated heterocycles. The van der Waals surface area contributed by atoms with E-state index in [-0.39, 0.29) is 11.4 Å². The summed E-state index contributed by atoms with van der Waals surface area (Å²) in [5.74, 6) is -0.323. The van der Waals surface area contributed by atoms with E-state index in [9.17, 15) is 9.18 Å². The lowest BCUT2D eigenvalue weighted by atomic mass is 10.0. The fourth-order valence-electron chi connectivity index (χ4n) is 2.23. The minimum Gasteiger partial charge on any atom is -0.326 e. The van der Waals surface area contributed by atoms with E-state index in [2.05, 4.69) is 4.98 Å². The van der Waals surface area contributed by atoms with Crippen LogP contribution in [0, 0.1) is 5.82 Å². The fraction of sp³-hybridized carbons (Fsp3) is 0.0625. The monoisotopic (exact) mass is 268 g/mol. The van der Waals surface area contributed by atoms with Crippen molar-refractivity contribution in [1.82, 2.24) is 4.98 Å². The molecule has 0 radical (unpaired) electrons. The first-order valence-corrected chi connectivity index (χ1v) is 6.29. The SMILES string of the molecule is NCc1ccc2[nH]c(=O)c(-c3ccc(F)cc3)cc2c1. The highest BCUT2D eigenvalue weighted by molar-refractivity contribution is 5.84. The third kappa shape index (κ3) is 2.21. The summed E-state index contributed by atoms with van der Waals surface area (Å²) in [6, 6.07) is 13.4. The molecule has 1 heterocycles. The molecule has 2 aromatic carbocycles. The molecular weight excluding hydrogens is 255 g/mol. The maximum absolute atomic E-state index is 13.0. The van der Waals surface area contributed by atoms with E-state index in [1.807, 2.05) is 18.2 Å². The molecule has 3 N–H and O–H groups in total. The predicted molar refractivity (Wildman–Crippen MR) is 77.9 cm³/mol. The molecule has 0 spiro atoms. The second-order valence-corrected chi connectivity index (χ2v) is 4.64. The zero-order valence-corrected chi connectivity index (χ0v) is 10.7. The number of halogens is 1. The van der Waals surface area contributed by atoms with Gasteiger partial charge in [0.1, 0.15) is 5.82 Å². The number of nitrogens with one attached hydrogen (secondary N) is 1. The lowest BCUT2D eigenvalue weighted by Gasteiger charge is -2.05. The Morgan fingerprint density at radius 3 is 2.50 bits per heavy atom. The number of pyridine rings is 1. The molecular formula is C16H13FN2O. The van der Waals surface area contributed by atoms with Crippen LogP contribution >= 0.6 is 0 Å². The van der Waals surface area contributed by atoms with Crippen molar-refractivity contribution in [1.29, 1.82) is 0 Å². The molecule has 0 aliphatic carbocycles. The molecule has 4 heteroatoms. The molecule has 3 rings (SSSR count). The minimum atomic E-state index is -0.323. The van der Waals surface area contributed by atoms with Gasteiger partial charge >= 0.3 is 0 Å². The average Bonchev–Trinajstić information content (AvgIpc) is 2.47. The van der Waals surface area contributed by atoms with Crippen molar-refractivity contribution in [3.8, 4) is 11.1 Å². The molecule has 0 saturated carbocycles. The van der Waals surface area contributed by atoms with E-state index in [1.54, 1.807) is 18.2 Å². The molecule has 100 valence electrons. The maximum atomic E-state index is 13.0. The van der Waals surface area contributed by atoms with Gasteiger partial charge in [-0.2, -0.15) is 0 Å². The quantitative estimate of drug-likeness (QED) is 0.750. The first-order valence-electron chi connectivity index (χ1n) is 6.29. The van der Waals surface area contributed by atoms with E-state index in [0.29, 0.717) is 17.7 Å². The van der Waals surface area contributed by atoms with Crippen LogP contribution in [0.15, 0.2) is 53.3 Å². The van der Waals surface area contributed by atoms with Crippen molar-refractivity contribution in [3.05, 3.63) is 70.3 Å². The van der Waals surface area contributed by atoms with Crippen LogP contribution in [-0.2, 0) is 6.54 Å². The zero-order valence-electron chi connectivity index (χ0n) is 10.7. The first-order chi connectivity index (χ1) is 9.67. The number of rotatable bonds is 2. The van der Waals surface area contributed by atoms with Gasteiger partial charge in [0, 0.05) is 17.6 Å². The highest BCUT2D eigenvalue weighted by atomic mass is 19.1. The molecule has 0 unspecified atom stereocenters. The van der Waals surface area contributed by atoms with Crippen LogP contribution in [0.1, 0.15) is 5.56 Å². The number of aromatic amines is 1. The number of aromatic nitrogens is 1. The van der Waals surface area contributed by atoms with Crippen LogP contribution in [-0.4, -0.2) is 4.98 Å². The van der Waals surface area contributed by atoms with Gasteiger partial charge in [0.15, 0.2) is 0 Å². The number of H-pyrrole nitrogens is 1. The standard InChI is InChI=1S/C16H13FN2O/c17-13-4-2-11(3-5-13)14-8-12-7-10(9-18)1-6-15(12)19-16(14)20/h1-8H,9,18H2,(H,19,20). The highest BCUT2D eigenvalue weighted by Crippen LogP contribution is 2.20. The Morgan fingerprint density at radius 1 is 1.05 bits per heavy atom. The largest absolute Gasteiger partial charge is 0.326 e. The molecule has 0 atom stereocenters. The summed E-state index contributed by atoms with van der Waals surface area (Å²) in [6.45, 7) is 0.445. The van der Waals surface area contributed by atoms with Gasteiger partial charge in [-0.3, -0.25) is 4.79 Å². The van der Waals surface area contributed by atoms with Gasteiger partial charge in [-0.25, -0.2) is 4.39 Å². The summed E-state index contributed by atoms with van der Waals surface area (Å²) < 4.78 is 13.0. The Balaban J connectivity index is 2.22. The molecule has 1 aromatic heterocycles. The molecule has 3 aromatic rings. The summed E-state index contributed by atoms with van der Waals surface area (Å²) in [7, 11) is 0. The summed E-state index contributed by atoms with van der Waals surface area (Å²) in [5.41, 5.74) is 8.40. The van der Waals surface area contributed by atoms with Crippen LogP contribution in [0.3, 0.4) is 0 Å². The highest BCUT2D eigenvalue weighted by Gasteiger charge is 2.06. The van der Waals surface area contributed by atoms with Crippen LogP contribution in [0.2, 0.25) is 0 Å². The first kappa shape index (κ1) is 12.6. The Morgan fingerprint density at radius 2 is 1.80 bits per heavy atom. The van der Waals surface area contributed by atoms with Crippen molar-refractivity contribution in [2.24, 2.45) is 5.73 Å². The number of hydrogen-bond acceptors (Lipinski definition) is 2. The van der Waals surface area contributed by atoms with Gasteiger partial charge in [-0.15, -0.1) is 0 Å². The summed E-state index contributed by atoms with van der Waals surface area (Å²) >= 11 is 0. The molecule has 0 amide bonds. The number of benzene rings is 2. The molecule has 0 bridgehead atoms.